The second kappa shape index (κ2) is 4.99. The van der Waals surface area contributed by atoms with Crippen molar-refractivity contribution in [1.29, 1.82) is 0 Å². The van der Waals surface area contributed by atoms with Crippen molar-refractivity contribution in [2.45, 2.75) is 12.7 Å². The maximum atomic E-state index is 12.4. The first-order valence-corrected chi connectivity index (χ1v) is 5.64. The number of H-pyrrole nitrogens is 1. The number of amides is 1. The zero-order chi connectivity index (χ0) is 14.9. The molecule has 1 amide bonds. The van der Waals surface area contributed by atoms with Crippen LogP contribution >= 0.6 is 0 Å². The van der Waals surface area contributed by atoms with Crippen molar-refractivity contribution in [2.24, 2.45) is 7.05 Å². The Balaban J connectivity index is 2.09. The molecule has 0 aliphatic rings. The molecule has 0 aromatic carbocycles. The van der Waals surface area contributed by atoms with E-state index in [1.54, 1.807) is 24.0 Å². The molecule has 2 aromatic rings. The van der Waals surface area contributed by atoms with E-state index in [0.717, 1.165) is 0 Å². The van der Waals surface area contributed by atoms with E-state index in [9.17, 15) is 18.0 Å². The van der Waals surface area contributed by atoms with Crippen LogP contribution in [0.25, 0.3) is 0 Å². The summed E-state index contributed by atoms with van der Waals surface area (Å²) in [4.78, 5) is 13.2. The van der Waals surface area contributed by atoms with Gasteiger partial charge in [0.05, 0.1) is 12.2 Å². The second-order valence-corrected chi connectivity index (χ2v) is 4.31. The Kier molecular flexibility index (Phi) is 3.51. The smallest absolute Gasteiger partial charge is 0.334 e. The predicted molar refractivity (Wildman–Crippen MR) is 62.6 cm³/mol. The Morgan fingerprint density at radius 1 is 1.50 bits per heavy atom. The number of aryl methyl sites for hydroxylation is 1. The number of alkyl halides is 3. The Labute approximate surface area is 112 Å². The lowest BCUT2D eigenvalue weighted by Crippen LogP contribution is -2.26. The van der Waals surface area contributed by atoms with Crippen molar-refractivity contribution < 1.29 is 18.0 Å². The second-order valence-electron chi connectivity index (χ2n) is 4.31. The largest absolute Gasteiger partial charge is 0.432 e. The number of rotatable bonds is 3. The number of carbonyl (C=O) groups is 1. The molecular weight excluding hydrogens is 275 g/mol. The Hall–Kier alpha value is -2.32. The maximum absolute atomic E-state index is 12.4. The summed E-state index contributed by atoms with van der Waals surface area (Å²) in [5.41, 5.74) is -0.697. The van der Waals surface area contributed by atoms with Crippen LogP contribution < -0.4 is 0 Å². The van der Waals surface area contributed by atoms with Gasteiger partial charge in [0, 0.05) is 26.4 Å². The van der Waals surface area contributed by atoms with Gasteiger partial charge in [-0.15, -0.1) is 0 Å². The molecule has 6 nitrogen and oxygen atoms in total. The average Bonchev–Trinajstić information content (AvgIpc) is 2.96. The quantitative estimate of drug-likeness (QED) is 0.928. The molecule has 2 rings (SSSR count). The first-order chi connectivity index (χ1) is 9.27. The zero-order valence-corrected chi connectivity index (χ0v) is 10.8. The van der Waals surface area contributed by atoms with Crippen LogP contribution in [-0.2, 0) is 19.8 Å². The van der Waals surface area contributed by atoms with Crippen molar-refractivity contribution in [1.82, 2.24) is 24.9 Å². The fourth-order valence-corrected chi connectivity index (χ4v) is 1.63. The van der Waals surface area contributed by atoms with Crippen LogP contribution in [0.15, 0.2) is 18.3 Å². The molecule has 9 heteroatoms. The van der Waals surface area contributed by atoms with E-state index in [1.807, 2.05) is 5.10 Å². The minimum atomic E-state index is -4.55. The van der Waals surface area contributed by atoms with Gasteiger partial charge in [-0.1, -0.05) is 0 Å². The minimum Gasteiger partial charge on any atom is -0.334 e. The number of nitrogens with zero attached hydrogens (tertiary/aromatic N) is 4. The van der Waals surface area contributed by atoms with Crippen LogP contribution in [0, 0.1) is 0 Å². The third-order valence-electron chi connectivity index (χ3n) is 2.62. The van der Waals surface area contributed by atoms with Crippen molar-refractivity contribution in [3.63, 3.8) is 0 Å². The lowest BCUT2D eigenvalue weighted by atomic mass is 10.3. The molecule has 0 radical (unpaired) electrons. The molecule has 0 atom stereocenters. The summed E-state index contributed by atoms with van der Waals surface area (Å²) in [5.74, 6) is -0.609. The van der Waals surface area contributed by atoms with Gasteiger partial charge in [-0.25, -0.2) is 0 Å². The molecule has 0 fully saturated rings. The first-order valence-electron chi connectivity index (χ1n) is 5.64. The van der Waals surface area contributed by atoms with Crippen molar-refractivity contribution in [2.75, 3.05) is 7.05 Å². The van der Waals surface area contributed by atoms with E-state index in [4.69, 9.17) is 0 Å². The van der Waals surface area contributed by atoms with E-state index in [1.165, 1.54) is 11.9 Å². The molecule has 0 aliphatic heterocycles. The summed E-state index contributed by atoms with van der Waals surface area (Å²) in [5, 5.41) is 9.28. The van der Waals surface area contributed by atoms with Crippen LogP contribution in [0.1, 0.15) is 21.9 Å². The number of carbonyl (C=O) groups excluding carboxylic acids is 1. The third-order valence-corrected chi connectivity index (χ3v) is 2.62. The summed E-state index contributed by atoms with van der Waals surface area (Å²) in [6.07, 6.45) is -2.84. The molecule has 0 spiro atoms. The number of aromatic amines is 1. The zero-order valence-electron chi connectivity index (χ0n) is 10.8. The van der Waals surface area contributed by atoms with Gasteiger partial charge in [-0.3, -0.25) is 14.6 Å². The molecule has 2 aromatic heterocycles. The van der Waals surface area contributed by atoms with Gasteiger partial charge in [-0.2, -0.15) is 23.4 Å². The monoisotopic (exact) mass is 287 g/mol. The van der Waals surface area contributed by atoms with E-state index < -0.39 is 17.8 Å². The van der Waals surface area contributed by atoms with Gasteiger partial charge in [-0.05, 0) is 6.07 Å². The predicted octanol–water partition coefficient (Wildman–Crippen LogP) is 1.43. The molecule has 0 saturated heterocycles. The fourth-order valence-electron chi connectivity index (χ4n) is 1.63. The molecule has 108 valence electrons. The van der Waals surface area contributed by atoms with Crippen molar-refractivity contribution >= 4 is 5.91 Å². The molecule has 0 unspecified atom stereocenters. The molecule has 0 aliphatic carbocycles. The first kappa shape index (κ1) is 14.1. The van der Waals surface area contributed by atoms with Gasteiger partial charge in [0.15, 0.2) is 5.69 Å². The van der Waals surface area contributed by atoms with Crippen molar-refractivity contribution in [3.8, 4) is 0 Å². The summed E-state index contributed by atoms with van der Waals surface area (Å²) >= 11 is 0. The fraction of sp³-hybridized carbons (Fsp3) is 0.364. The lowest BCUT2D eigenvalue weighted by Gasteiger charge is -2.13. The van der Waals surface area contributed by atoms with Crippen molar-refractivity contribution in [3.05, 3.63) is 35.4 Å². The Morgan fingerprint density at radius 2 is 2.20 bits per heavy atom. The summed E-state index contributed by atoms with van der Waals surface area (Å²) in [6.45, 7) is 0.188. The van der Waals surface area contributed by atoms with E-state index in [2.05, 4.69) is 10.2 Å². The van der Waals surface area contributed by atoms with E-state index >= 15 is 0 Å². The summed E-state index contributed by atoms with van der Waals surface area (Å²) in [6, 6.07) is 2.41. The number of hydrogen-bond donors (Lipinski definition) is 1. The molecule has 1 N–H and O–H groups in total. The SMILES string of the molecule is CN(Cc1ccn(C)n1)C(=O)c1cc(C(F)(F)F)[nH]n1. The number of nitrogens with one attached hydrogen (secondary N) is 1. The molecular formula is C11H12F3N5O. The lowest BCUT2D eigenvalue weighted by molar-refractivity contribution is -0.141. The van der Waals surface area contributed by atoms with Crippen LogP contribution in [-0.4, -0.2) is 37.8 Å². The van der Waals surface area contributed by atoms with Gasteiger partial charge in [0.1, 0.15) is 5.69 Å². The number of aromatic nitrogens is 4. The highest BCUT2D eigenvalue weighted by molar-refractivity contribution is 5.92. The summed E-state index contributed by atoms with van der Waals surface area (Å²) < 4.78 is 38.8. The number of hydrogen-bond acceptors (Lipinski definition) is 3. The van der Waals surface area contributed by atoms with Gasteiger partial charge >= 0.3 is 6.18 Å². The molecule has 20 heavy (non-hydrogen) atoms. The Morgan fingerprint density at radius 3 is 2.70 bits per heavy atom. The minimum absolute atomic E-state index is 0.188. The topological polar surface area (TPSA) is 66.8 Å². The maximum Gasteiger partial charge on any atom is 0.432 e. The van der Waals surface area contributed by atoms with Crippen LogP contribution in [0.4, 0.5) is 13.2 Å². The highest BCUT2D eigenvalue weighted by Crippen LogP contribution is 2.27. The normalized spacial score (nSPS) is 11.7. The van der Waals surface area contributed by atoms with Crippen LogP contribution in [0.2, 0.25) is 0 Å². The molecule has 0 saturated carbocycles. The molecule has 0 bridgehead atoms. The van der Waals surface area contributed by atoms with Gasteiger partial charge < -0.3 is 4.90 Å². The van der Waals surface area contributed by atoms with Crippen LogP contribution in [0.3, 0.4) is 0 Å². The highest BCUT2D eigenvalue weighted by Gasteiger charge is 2.34. The van der Waals surface area contributed by atoms with E-state index in [0.29, 0.717) is 11.8 Å². The van der Waals surface area contributed by atoms with Crippen LogP contribution in [0.5, 0.6) is 0 Å². The summed E-state index contributed by atoms with van der Waals surface area (Å²) in [7, 11) is 3.20. The Bertz CT molecular complexity index is 616. The van der Waals surface area contributed by atoms with E-state index in [-0.39, 0.29) is 12.2 Å². The third kappa shape index (κ3) is 2.98. The van der Waals surface area contributed by atoms with Gasteiger partial charge in [0.25, 0.3) is 5.91 Å². The van der Waals surface area contributed by atoms with Gasteiger partial charge in [0.2, 0.25) is 0 Å². The molecule has 2 heterocycles. The average molecular weight is 287 g/mol. The highest BCUT2D eigenvalue weighted by atomic mass is 19.4. The number of halogens is 3. The standard InChI is InChI=1S/C11H12F3N5O/c1-18(6-7-3-4-19(2)17-7)10(20)8-5-9(16-15-8)11(12,13)14/h3-5H,6H2,1-2H3,(H,15,16).